The number of nitrogens with one attached hydrogen (secondary N) is 1. The van der Waals surface area contributed by atoms with Crippen LogP contribution >= 0.6 is 11.3 Å². The zero-order chi connectivity index (χ0) is 14.8. The van der Waals surface area contributed by atoms with Crippen LogP contribution in [0.15, 0.2) is 30.3 Å². The lowest BCUT2D eigenvalue weighted by atomic mass is 9.98. The van der Waals surface area contributed by atoms with Gasteiger partial charge in [0.25, 0.3) is 0 Å². The number of aryl methyl sites for hydroxylation is 2. The minimum absolute atomic E-state index is 0.450. The van der Waals surface area contributed by atoms with E-state index in [1.54, 1.807) is 10.4 Å². The Morgan fingerprint density at radius 3 is 2.52 bits per heavy atom. The van der Waals surface area contributed by atoms with Crippen LogP contribution in [0.1, 0.15) is 58.7 Å². The molecule has 2 heteroatoms. The summed E-state index contributed by atoms with van der Waals surface area (Å²) in [5.74, 6) is 0.611. The van der Waals surface area contributed by atoms with E-state index in [4.69, 9.17) is 0 Å². The summed E-state index contributed by atoms with van der Waals surface area (Å²) in [5.41, 5.74) is 4.45. The molecule has 3 rings (SSSR count). The molecule has 1 aromatic carbocycles. The molecule has 0 fully saturated rings. The van der Waals surface area contributed by atoms with Crippen molar-refractivity contribution in [2.75, 3.05) is 7.05 Å². The molecule has 0 spiro atoms. The summed E-state index contributed by atoms with van der Waals surface area (Å²) < 4.78 is 0. The van der Waals surface area contributed by atoms with E-state index >= 15 is 0 Å². The van der Waals surface area contributed by atoms with E-state index in [0.717, 1.165) is 6.42 Å². The second kappa shape index (κ2) is 6.33. The maximum Gasteiger partial charge on any atom is 0.0453 e. The SMILES string of the molecule is CNC(Cc1ccc(C(C)C)cc1)c1cc2c(s1)CCC2. The van der Waals surface area contributed by atoms with Crippen molar-refractivity contribution in [1.29, 1.82) is 0 Å². The average Bonchev–Trinajstić information content (AvgIpc) is 3.06. The molecule has 1 aromatic heterocycles. The van der Waals surface area contributed by atoms with E-state index in [1.807, 2.05) is 11.3 Å². The Morgan fingerprint density at radius 1 is 1.14 bits per heavy atom. The van der Waals surface area contributed by atoms with Gasteiger partial charge in [-0.3, -0.25) is 0 Å². The van der Waals surface area contributed by atoms with Crippen LogP contribution < -0.4 is 5.32 Å². The van der Waals surface area contributed by atoms with Crippen molar-refractivity contribution in [3.05, 3.63) is 56.8 Å². The van der Waals surface area contributed by atoms with Gasteiger partial charge < -0.3 is 5.32 Å². The average molecular weight is 299 g/mol. The monoisotopic (exact) mass is 299 g/mol. The quantitative estimate of drug-likeness (QED) is 0.831. The summed E-state index contributed by atoms with van der Waals surface area (Å²) in [4.78, 5) is 3.13. The number of likely N-dealkylation sites (N-methyl/N-ethyl adjacent to an activating group) is 1. The van der Waals surface area contributed by atoms with Gasteiger partial charge in [0.05, 0.1) is 0 Å². The number of rotatable bonds is 5. The predicted octanol–water partition coefficient (Wildman–Crippen LogP) is 4.86. The van der Waals surface area contributed by atoms with Gasteiger partial charge in [0.15, 0.2) is 0 Å². The van der Waals surface area contributed by atoms with Crippen molar-refractivity contribution in [3.8, 4) is 0 Å². The lowest BCUT2D eigenvalue weighted by Gasteiger charge is -2.15. The number of fused-ring (bicyclic) bond motifs is 1. The molecular formula is C19H25NS. The Balaban J connectivity index is 1.74. The third-order valence-corrected chi connectivity index (χ3v) is 5.89. The van der Waals surface area contributed by atoms with Crippen molar-refractivity contribution in [2.24, 2.45) is 0 Å². The van der Waals surface area contributed by atoms with Crippen molar-refractivity contribution in [1.82, 2.24) is 5.32 Å². The second-order valence-electron chi connectivity index (χ2n) is 6.39. The Morgan fingerprint density at radius 2 is 1.90 bits per heavy atom. The van der Waals surface area contributed by atoms with Crippen LogP contribution in [0.4, 0.5) is 0 Å². The Labute approximate surface area is 132 Å². The number of thiophene rings is 1. The first-order valence-corrected chi connectivity index (χ1v) is 8.86. The molecule has 0 saturated heterocycles. The normalized spacial score (nSPS) is 15.4. The standard InChI is InChI=1S/C19H25NS/c1-13(2)15-9-7-14(8-10-15)11-17(20-3)19-12-16-5-4-6-18(16)21-19/h7-10,12-13,17,20H,4-6,11H2,1-3H3. The molecule has 0 saturated carbocycles. The lowest BCUT2D eigenvalue weighted by Crippen LogP contribution is -2.17. The molecule has 1 atom stereocenters. The highest BCUT2D eigenvalue weighted by Gasteiger charge is 2.19. The molecule has 1 aliphatic rings. The van der Waals surface area contributed by atoms with Gasteiger partial charge >= 0.3 is 0 Å². The van der Waals surface area contributed by atoms with Crippen molar-refractivity contribution >= 4 is 11.3 Å². The highest BCUT2D eigenvalue weighted by atomic mass is 32.1. The van der Waals surface area contributed by atoms with Crippen LogP contribution in [0, 0.1) is 0 Å². The third kappa shape index (κ3) is 3.22. The fourth-order valence-corrected chi connectivity index (χ4v) is 4.51. The van der Waals surface area contributed by atoms with E-state index in [2.05, 4.69) is 56.5 Å². The van der Waals surface area contributed by atoms with E-state index < -0.39 is 0 Å². The third-order valence-electron chi connectivity index (χ3n) is 4.54. The van der Waals surface area contributed by atoms with E-state index in [1.165, 1.54) is 35.3 Å². The highest BCUT2D eigenvalue weighted by Crippen LogP contribution is 2.34. The smallest absolute Gasteiger partial charge is 0.0453 e. The molecule has 1 aliphatic carbocycles. The summed E-state index contributed by atoms with van der Waals surface area (Å²) in [7, 11) is 2.08. The number of benzene rings is 1. The summed E-state index contributed by atoms with van der Waals surface area (Å²) in [6, 6.07) is 12.0. The predicted molar refractivity (Wildman–Crippen MR) is 92.4 cm³/mol. The zero-order valence-corrected chi connectivity index (χ0v) is 14.1. The van der Waals surface area contributed by atoms with E-state index in [0.29, 0.717) is 12.0 Å². The summed E-state index contributed by atoms with van der Waals surface area (Å²) in [6.07, 6.45) is 5.00. The van der Waals surface area contributed by atoms with Gasteiger partial charge in [0.2, 0.25) is 0 Å². The number of hydrogen-bond donors (Lipinski definition) is 1. The van der Waals surface area contributed by atoms with Crippen LogP contribution in [-0.4, -0.2) is 7.05 Å². The summed E-state index contributed by atoms with van der Waals surface area (Å²) in [5, 5.41) is 3.50. The first-order chi connectivity index (χ1) is 10.2. The van der Waals surface area contributed by atoms with E-state index in [9.17, 15) is 0 Å². The van der Waals surface area contributed by atoms with Gasteiger partial charge in [-0.15, -0.1) is 11.3 Å². The van der Waals surface area contributed by atoms with Gasteiger partial charge in [-0.1, -0.05) is 38.1 Å². The molecule has 1 nitrogen and oxygen atoms in total. The van der Waals surface area contributed by atoms with Gasteiger partial charge in [-0.2, -0.15) is 0 Å². The molecule has 0 radical (unpaired) electrons. The molecule has 1 heterocycles. The molecule has 2 aromatic rings. The molecule has 1 N–H and O–H groups in total. The minimum atomic E-state index is 0.450. The highest BCUT2D eigenvalue weighted by molar-refractivity contribution is 7.12. The van der Waals surface area contributed by atoms with Crippen LogP contribution in [0.2, 0.25) is 0 Å². The Hall–Kier alpha value is -1.12. The van der Waals surface area contributed by atoms with Crippen LogP contribution in [0.25, 0.3) is 0 Å². The maximum absolute atomic E-state index is 3.50. The molecule has 0 bridgehead atoms. The van der Waals surface area contributed by atoms with Crippen molar-refractivity contribution < 1.29 is 0 Å². The van der Waals surface area contributed by atoms with Crippen LogP contribution in [-0.2, 0) is 19.3 Å². The first kappa shape index (κ1) is 14.8. The van der Waals surface area contributed by atoms with Crippen LogP contribution in [0.3, 0.4) is 0 Å². The largest absolute Gasteiger partial charge is 0.312 e. The molecule has 112 valence electrons. The van der Waals surface area contributed by atoms with Crippen molar-refractivity contribution in [2.45, 2.75) is 51.5 Å². The summed E-state index contributed by atoms with van der Waals surface area (Å²) >= 11 is 2.02. The Kier molecular flexibility index (Phi) is 4.46. The lowest BCUT2D eigenvalue weighted by molar-refractivity contribution is 0.601. The van der Waals surface area contributed by atoms with Gasteiger partial charge in [-0.25, -0.2) is 0 Å². The van der Waals surface area contributed by atoms with Gasteiger partial charge in [0, 0.05) is 15.8 Å². The molecule has 0 amide bonds. The molecule has 0 aliphatic heterocycles. The molecular weight excluding hydrogens is 274 g/mol. The number of hydrogen-bond acceptors (Lipinski definition) is 2. The molecule has 1 unspecified atom stereocenters. The topological polar surface area (TPSA) is 12.0 Å². The van der Waals surface area contributed by atoms with E-state index in [-0.39, 0.29) is 0 Å². The minimum Gasteiger partial charge on any atom is -0.312 e. The van der Waals surface area contributed by atoms with Gasteiger partial charge in [-0.05, 0) is 61.4 Å². The summed E-state index contributed by atoms with van der Waals surface area (Å²) in [6.45, 7) is 4.50. The fraction of sp³-hybridized carbons (Fsp3) is 0.474. The first-order valence-electron chi connectivity index (χ1n) is 8.05. The molecule has 21 heavy (non-hydrogen) atoms. The van der Waals surface area contributed by atoms with Gasteiger partial charge in [0.1, 0.15) is 0 Å². The second-order valence-corrected chi connectivity index (χ2v) is 7.56. The maximum atomic E-state index is 3.50. The van der Waals surface area contributed by atoms with Crippen LogP contribution in [0.5, 0.6) is 0 Å². The zero-order valence-electron chi connectivity index (χ0n) is 13.3. The Bertz CT molecular complexity index is 573. The van der Waals surface area contributed by atoms with Crippen molar-refractivity contribution in [3.63, 3.8) is 0 Å². The fourth-order valence-electron chi connectivity index (χ4n) is 3.14.